The molecule has 1 unspecified atom stereocenters. The third-order valence-electron chi connectivity index (χ3n) is 2.63. The van der Waals surface area contributed by atoms with E-state index in [4.69, 9.17) is 5.73 Å². The molecule has 2 nitrogen and oxygen atoms in total. The summed E-state index contributed by atoms with van der Waals surface area (Å²) in [5.74, 6) is 0.677. The lowest BCUT2D eigenvalue weighted by Gasteiger charge is -2.14. The molecule has 16 heavy (non-hydrogen) atoms. The maximum Gasteiger partial charge on any atom is 0.0206 e. The summed E-state index contributed by atoms with van der Waals surface area (Å²) < 4.78 is 0. The van der Waals surface area contributed by atoms with Gasteiger partial charge in [-0.25, -0.2) is 0 Å². The average Bonchev–Trinajstić information content (AvgIpc) is 2.20. The Kier molecular flexibility index (Phi) is 5.50. The number of rotatable bonds is 6. The van der Waals surface area contributed by atoms with Gasteiger partial charge in [-0.3, -0.25) is 0 Å². The van der Waals surface area contributed by atoms with E-state index in [0.29, 0.717) is 5.92 Å². The molecule has 0 amide bonds. The van der Waals surface area contributed by atoms with Gasteiger partial charge in [-0.15, -0.1) is 0 Å². The van der Waals surface area contributed by atoms with Gasteiger partial charge in [0, 0.05) is 19.1 Å². The first-order valence-corrected chi connectivity index (χ1v) is 6.09. The number of benzene rings is 1. The Labute approximate surface area is 99.2 Å². The van der Waals surface area contributed by atoms with Gasteiger partial charge in [-0.2, -0.15) is 0 Å². The zero-order valence-electron chi connectivity index (χ0n) is 10.7. The lowest BCUT2D eigenvalue weighted by atomic mass is 10.0. The summed E-state index contributed by atoms with van der Waals surface area (Å²) in [6.07, 6.45) is 1.08. The van der Waals surface area contributed by atoms with Crippen molar-refractivity contribution in [1.82, 2.24) is 5.32 Å². The highest BCUT2D eigenvalue weighted by atomic mass is 14.9. The fourth-order valence-corrected chi connectivity index (χ4v) is 1.80. The molecule has 1 aromatic rings. The van der Waals surface area contributed by atoms with E-state index in [1.807, 2.05) is 0 Å². The number of hydrogen-bond acceptors (Lipinski definition) is 2. The van der Waals surface area contributed by atoms with Gasteiger partial charge in [0.2, 0.25) is 0 Å². The molecule has 0 saturated heterocycles. The first-order valence-electron chi connectivity index (χ1n) is 6.09. The summed E-state index contributed by atoms with van der Waals surface area (Å²) in [5.41, 5.74) is 8.63. The van der Waals surface area contributed by atoms with E-state index in [-0.39, 0.29) is 6.04 Å². The summed E-state index contributed by atoms with van der Waals surface area (Å²) in [6, 6.07) is 8.88. The van der Waals surface area contributed by atoms with Crippen molar-refractivity contribution in [3.8, 4) is 0 Å². The number of hydrogen-bond donors (Lipinski definition) is 2. The molecule has 1 rings (SSSR count). The highest BCUT2D eigenvalue weighted by Gasteiger charge is 2.04. The summed E-state index contributed by atoms with van der Waals surface area (Å²) in [5, 5.41) is 3.40. The maximum absolute atomic E-state index is 6.00. The largest absolute Gasteiger partial charge is 0.327 e. The van der Waals surface area contributed by atoms with Gasteiger partial charge in [-0.1, -0.05) is 43.7 Å². The van der Waals surface area contributed by atoms with Crippen molar-refractivity contribution in [3.63, 3.8) is 0 Å². The predicted molar refractivity (Wildman–Crippen MR) is 70.3 cm³/mol. The highest BCUT2D eigenvalue weighted by Crippen LogP contribution is 2.04. The molecule has 0 spiro atoms. The normalized spacial score (nSPS) is 13.1. The summed E-state index contributed by atoms with van der Waals surface area (Å²) in [4.78, 5) is 0. The van der Waals surface area contributed by atoms with Crippen LogP contribution in [0.3, 0.4) is 0 Å². The second kappa shape index (κ2) is 6.66. The van der Waals surface area contributed by atoms with Gasteiger partial charge >= 0.3 is 0 Å². The summed E-state index contributed by atoms with van der Waals surface area (Å²) in [6.45, 7) is 8.33. The third-order valence-corrected chi connectivity index (χ3v) is 2.63. The van der Waals surface area contributed by atoms with Crippen LogP contribution in [0.2, 0.25) is 0 Å². The van der Waals surface area contributed by atoms with Crippen molar-refractivity contribution in [3.05, 3.63) is 35.4 Å². The van der Waals surface area contributed by atoms with Gasteiger partial charge in [-0.05, 0) is 24.8 Å². The van der Waals surface area contributed by atoms with E-state index in [1.165, 1.54) is 11.1 Å². The molecule has 0 heterocycles. The van der Waals surface area contributed by atoms with Crippen LogP contribution in [-0.2, 0) is 6.54 Å². The Morgan fingerprint density at radius 3 is 2.38 bits per heavy atom. The molecule has 90 valence electrons. The molecule has 3 N–H and O–H groups in total. The average molecular weight is 220 g/mol. The summed E-state index contributed by atoms with van der Waals surface area (Å²) in [7, 11) is 0. The number of nitrogens with one attached hydrogen (secondary N) is 1. The Balaban J connectivity index is 2.22. The van der Waals surface area contributed by atoms with Crippen molar-refractivity contribution < 1.29 is 0 Å². The molecule has 1 aromatic carbocycles. The zero-order chi connectivity index (χ0) is 12.0. The van der Waals surface area contributed by atoms with Crippen LogP contribution in [0.1, 0.15) is 31.4 Å². The second-order valence-electron chi connectivity index (χ2n) is 5.01. The molecule has 0 bridgehead atoms. The minimum absolute atomic E-state index is 0.269. The first kappa shape index (κ1) is 13.2. The van der Waals surface area contributed by atoms with Crippen LogP contribution in [0, 0.1) is 12.8 Å². The van der Waals surface area contributed by atoms with Crippen molar-refractivity contribution in [2.75, 3.05) is 6.54 Å². The van der Waals surface area contributed by atoms with Gasteiger partial charge in [0.25, 0.3) is 0 Å². The van der Waals surface area contributed by atoms with Gasteiger partial charge in [0.15, 0.2) is 0 Å². The van der Waals surface area contributed by atoms with E-state index in [2.05, 4.69) is 50.4 Å². The van der Waals surface area contributed by atoms with Crippen LogP contribution in [0.25, 0.3) is 0 Å². The molecule has 0 aliphatic rings. The van der Waals surface area contributed by atoms with Crippen LogP contribution in [0.4, 0.5) is 0 Å². The van der Waals surface area contributed by atoms with E-state index < -0.39 is 0 Å². The maximum atomic E-state index is 6.00. The Morgan fingerprint density at radius 1 is 1.19 bits per heavy atom. The van der Waals surface area contributed by atoms with Crippen LogP contribution in [-0.4, -0.2) is 12.6 Å². The van der Waals surface area contributed by atoms with E-state index in [1.54, 1.807) is 0 Å². The Morgan fingerprint density at radius 2 is 1.81 bits per heavy atom. The quantitative estimate of drug-likeness (QED) is 0.773. The molecule has 1 atom stereocenters. The van der Waals surface area contributed by atoms with E-state index in [9.17, 15) is 0 Å². The van der Waals surface area contributed by atoms with E-state index in [0.717, 1.165) is 19.5 Å². The molecule has 0 aliphatic heterocycles. The molecule has 0 radical (unpaired) electrons. The predicted octanol–water partition coefficient (Wildman–Crippen LogP) is 2.46. The lowest BCUT2D eigenvalue weighted by Crippen LogP contribution is -2.34. The Bertz CT molecular complexity index is 290. The molecule has 0 aliphatic carbocycles. The SMILES string of the molecule is Cc1ccc(CNCC(N)CC(C)C)cc1. The van der Waals surface area contributed by atoms with Gasteiger partial charge < -0.3 is 11.1 Å². The minimum Gasteiger partial charge on any atom is -0.327 e. The van der Waals surface area contributed by atoms with Crippen molar-refractivity contribution in [2.45, 2.75) is 39.8 Å². The molecule has 0 aromatic heterocycles. The fourth-order valence-electron chi connectivity index (χ4n) is 1.80. The smallest absolute Gasteiger partial charge is 0.0206 e. The van der Waals surface area contributed by atoms with Crippen molar-refractivity contribution in [1.29, 1.82) is 0 Å². The summed E-state index contributed by atoms with van der Waals surface area (Å²) >= 11 is 0. The van der Waals surface area contributed by atoms with Gasteiger partial charge in [0.1, 0.15) is 0 Å². The molecule has 2 heteroatoms. The monoisotopic (exact) mass is 220 g/mol. The topological polar surface area (TPSA) is 38.0 Å². The van der Waals surface area contributed by atoms with Crippen molar-refractivity contribution >= 4 is 0 Å². The standard InChI is InChI=1S/C14H24N2/c1-11(2)8-14(15)10-16-9-13-6-4-12(3)5-7-13/h4-7,11,14,16H,8-10,15H2,1-3H3. The third kappa shape index (κ3) is 5.29. The number of nitrogens with two attached hydrogens (primary N) is 1. The minimum atomic E-state index is 0.269. The first-order chi connectivity index (χ1) is 7.58. The molecule has 0 saturated carbocycles. The van der Waals surface area contributed by atoms with E-state index >= 15 is 0 Å². The Hall–Kier alpha value is -0.860. The lowest BCUT2D eigenvalue weighted by molar-refractivity contribution is 0.467. The van der Waals surface area contributed by atoms with Crippen LogP contribution < -0.4 is 11.1 Å². The molecule has 0 fully saturated rings. The molecular formula is C14H24N2. The van der Waals surface area contributed by atoms with Crippen LogP contribution in [0.15, 0.2) is 24.3 Å². The highest BCUT2D eigenvalue weighted by molar-refractivity contribution is 5.21. The van der Waals surface area contributed by atoms with Crippen molar-refractivity contribution in [2.24, 2.45) is 11.7 Å². The zero-order valence-corrected chi connectivity index (χ0v) is 10.7. The number of aryl methyl sites for hydroxylation is 1. The van der Waals surface area contributed by atoms with Crippen LogP contribution >= 0.6 is 0 Å². The van der Waals surface area contributed by atoms with Crippen LogP contribution in [0.5, 0.6) is 0 Å². The fraction of sp³-hybridized carbons (Fsp3) is 0.571. The second-order valence-corrected chi connectivity index (χ2v) is 5.01. The molecular weight excluding hydrogens is 196 g/mol. The van der Waals surface area contributed by atoms with Gasteiger partial charge in [0.05, 0.1) is 0 Å².